The number of ether oxygens (including phenoxy) is 1. The molecule has 1 aliphatic rings. The molecule has 8 nitrogen and oxygen atoms in total. The Kier molecular flexibility index (Phi) is 11.1. The van der Waals surface area contributed by atoms with Gasteiger partial charge in [-0.1, -0.05) is 36.4 Å². The summed E-state index contributed by atoms with van der Waals surface area (Å²) in [5, 5.41) is 5.09. The van der Waals surface area contributed by atoms with Gasteiger partial charge in [-0.3, -0.25) is 14.4 Å². The number of amides is 2. The Hall–Kier alpha value is -3.59. The zero-order valence-electron chi connectivity index (χ0n) is 17.7. The molecule has 9 heteroatoms. The van der Waals surface area contributed by atoms with E-state index in [0.29, 0.717) is 5.75 Å². The van der Waals surface area contributed by atoms with Crippen molar-refractivity contribution in [2.24, 2.45) is 0 Å². The first-order valence-electron chi connectivity index (χ1n) is 9.98. The monoisotopic (exact) mass is 454 g/mol. The summed E-state index contributed by atoms with van der Waals surface area (Å²) in [7, 11) is 1.44. The van der Waals surface area contributed by atoms with Crippen LogP contribution in [-0.2, 0) is 4.79 Å². The number of H-pyrrole nitrogens is 1. The third-order valence-corrected chi connectivity index (χ3v) is 4.94. The standard InChI is InChI=1S/C12H10O.C6H7N3O2.C5H9NOS/c1-3-7-11(8-4-1)13-12-9-5-2-6-10-12;1-7-5(10)4-6(11)9-3-2-8-4;7-5-4-8-3-1-2-6-5/h1-10H;2-3H,1H3,(H,7,10)(H,9,11);1-4H2,(H,6,7). The minimum absolute atomic E-state index is 0.116. The van der Waals surface area contributed by atoms with E-state index in [-0.39, 0.29) is 11.6 Å². The van der Waals surface area contributed by atoms with Crippen LogP contribution in [0.4, 0.5) is 0 Å². The van der Waals surface area contributed by atoms with Crippen molar-refractivity contribution in [1.29, 1.82) is 0 Å². The highest BCUT2D eigenvalue weighted by atomic mass is 32.2. The summed E-state index contributed by atoms with van der Waals surface area (Å²) in [5.41, 5.74) is -0.596. The van der Waals surface area contributed by atoms with Crippen LogP contribution in [0.25, 0.3) is 0 Å². The van der Waals surface area contributed by atoms with E-state index in [1.54, 1.807) is 11.8 Å². The van der Waals surface area contributed by atoms with Crippen LogP contribution in [0.1, 0.15) is 16.9 Å². The maximum atomic E-state index is 10.8. The molecule has 2 aromatic carbocycles. The van der Waals surface area contributed by atoms with Gasteiger partial charge in [-0.05, 0) is 36.4 Å². The summed E-state index contributed by atoms with van der Waals surface area (Å²) in [4.78, 5) is 38.2. The molecule has 32 heavy (non-hydrogen) atoms. The van der Waals surface area contributed by atoms with Gasteiger partial charge in [0.05, 0.1) is 5.75 Å². The van der Waals surface area contributed by atoms with Crippen molar-refractivity contribution in [3.63, 3.8) is 0 Å². The van der Waals surface area contributed by atoms with Crippen molar-refractivity contribution in [3.05, 3.63) is 89.1 Å². The summed E-state index contributed by atoms with van der Waals surface area (Å²) in [6, 6.07) is 19.5. The third-order valence-electron chi connectivity index (χ3n) is 3.89. The van der Waals surface area contributed by atoms with Crippen molar-refractivity contribution in [2.45, 2.75) is 6.42 Å². The van der Waals surface area contributed by atoms with Crippen LogP contribution in [0.3, 0.4) is 0 Å². The molecule has 2 amide bonds. The van der Waals surface area contributed by atoms with Gasteiger partial charge in [-0.2, -0.15) is 11.8 Å². The van der Waals surface area contributed by atoms with Gasteiger partial charge >= 0.3 is 0 Å². The second kappa shape index (κ2) is 14.4. The predicted octanol–water partition coefficient (Wildman–Crippen LogP) is 2.85. The Morgan fingerprint density at radius 2 is 1.66 bits per heavy atom. The summed E-state index contributed by atoms with van der Waals surface area (Å²) < 4.78 is 5.58. The van der Waals surface area contributed by atoms with Gasteiger partial charge in [0.15, 0.2) is 5.69 Å². The van der Waals surface area contributed by atoms with Crippen LogP contribution < -0.4 is 20.9 Å². The number of aromatic nitrogens is 2. The third kappa shape index (κ3) is 9.48. The molecule has 3 aromatic rings. The fourth-order valence-electron chi connectivity index (χ4n) is 2.36. The van der Waals surface area contributed by atoms with Crippen molar-refractivity contribution in [1.82, 2.24) is 20.6 Å². The lowest BCUT2D eigenvalue weighted by molar-refractivity contribution is -0.118. The molecule has 2 heterocycles. The maximum Gasteiger partial charge on any atom is 0.279 e. The Labute approximate surface area is 190 Å². The lowest BCUT2D eigenvalue weighted by Gasteiger charge is -2.03. The highest BCUT2D eigenvalue weighted by Gasteiger charge is 2.07. The first-order valence-corrected chi connectivity index (χ1v) is 11.1. The number of nitrogens with zero attached hydrogens (tertiary/aromatic N) is 1. The first kappa shape index (κ1) is 24.7. The summed E-state index contributed by atoms with van der Waals surface area (Å²) >= 11 is 1.71. The Morgan fingerprint density at radius 3 is 2.22 bits per heavy atom. The van der Waals surface area contributed by atoms with Crippen molar-refractivity contribution in [2.75, 3.05) is 25.1 Å². The van der Waals surface area contributed by atoms with E-state index in [2.05, 4.69) is 20.6 Å². The van der Waals surface area contributed by atoms with E-state index < -0.39 is 11.5 Å². The van der Waals surface area contributed by atoms with Gasteiger partial charge in [-0.15, -0.1) is 0 Å². The van der Waals surface area contributed by atoms with Gasteiger partial charge in [0.25, 0.3) is 11.5 Å². The zero-order valence-corrected chi connectivity index (χ0v) is 18.6. The molecule has 1 fully saturated rings. The van der Waals surface area contributed by atoms with Crippen molar-refractivity contribution < 1.29 is 14.3 Å². The molecule has 4 rings (SSSR count). The molecule has 3 N–H and O–H groups in total. The largest absolute Gasteiger partial charge is 0.457 e. The molecule has 0 spiro atoms. The molecule has 0 unspecified atom stereocenters. The van der Waals surface area contributed by atoms with Crippen LogP contribution in [-0.4, -0.2) is 46.9 Å². The topological polar surface area (TPSA) is 113 Å². The first-order chi connectivity index (χ1) is 15.6. The summed E-state index contributed by atoms with van der Waals surface area (Å²) in [5.74, 6) is 3.22. The summed E-state index contributed by atoms with van der Waals surface area (Å²) in [6.45, 7) is 0.867. The van der Waals surface area contributed by atoms with E-state index in [1.165, 1.54) is 19.4 Å². The van der Waals surface area contributed by atoms with Crippen LogP contribution in [0.15, 0.2) is 77.9 Å². The van der Waals surface area contributed by atoms with E-state index in [1.807, 2.05) is 60.7 Å². The van der Waals surface area contributed by atoms with Crippen molar-refractivity contribution in [3.8, 4) is 11.5 Å². The molecule has 0 radical (unpaired) electrons. The maximum absolute atomic E-state index is 10.8. The molecule has 0 aliphatic carbocycles. The highest BCUT2D eigenvalue weighted by molar-refractivity contribution is 7.99. The normalized spacial score (nSPS) is 12.5. The van der Waals surface area contributed by atoms with Crippen LogP contribution in [0.5, 0.6) is 11.5 Å². The number of rotatable bonds is 3. The fraction of sp³-hybridized carbons (Fsp3) is 0.217. The molecule has 1 saturated heterocycles. The number of thioether (sulfide) groups is 1. The number of hydrogen-bond acceptors (Lipinski definition) is 6. The average molecular weight is 455 g/mol. The minimum atomic E-state index is -0.480. The quantitative estimate of drug-likeness (QED) is 0.561. The van der Waals surface area contributed by atoms with E-state index in [4.69, 9.17) is 4.74 Å². The SMILES string of the molecule is CNC(=O)c1ncc[nH]c1=O.O=C1CSCCCN1.c1ccc(Oc2ccccc2)cc1. The molecule has 0 bridgehead atoms. The number of nitrogens with one attached hydrogen (secondary N) is 3. The van der Waals surface area contributed by atoms with E-state index in [0.717, 1.165) is 30.2 Å². The van der Waals surface area contributed by atoms with Gasteiger partial charge < -0.3 is 20.4 Å². The van der Waals surface area contributed by atoms with Gasteiger partial charge in [-0.25, -0.2) is 4.98 Å². The molecule has 1 aliphatic heterocycles. The number of carbonyl (C=O) groups excluding carboxylic acids is 2. The van der Waals surface area contributed by atoms with Gasteiger partial charge in [0, 0.05) is 26.0 Å². The highest BCUT2D eigenvalue weighted by Crippen LogP contribution is 2.19. The van der Waals surface area contributed by atoms with Crippen LogP contribution >= 0.6 is 11.8 Å². The average Bonchev–Trinajstić information content (AvgIpc) is 3.08. The number of benzene rings is 2. The van der Waals surface area contributed by atoms with E-state index in [9.17, 15) is 14.4 Å². The second-order valence-electron chi connectivity index (χ2n) is 6.33. The Morgan fingerprint density at radius 1 is 1.03 bits per heavy atom. The number of aromatic amines is 1. The Balaban J connectivity index is 0.000000175. The van der Waals surface area contributed by atoms with Crippen LogP contribution in [0, 0.1) is 0 Å². The minimum Gasteiger partial charge on any atom is -0.457 e. The predicted molar refractivity (Wildman–Crippen MR) is 126 cm³/mol. The van der Waals surface area contributed by atoms with Crippen LogP contribution in [0.2, 0.25) is 0 Å². The number of carbonyl (C=O) groups is 2. The van der Waals surface area contributed by atoms with Gasteiger partial charge in [0.1, 0.15) is 11.5 Å². The zero-order chi connectivity index (χ0) is 23.0. The molecule has 0 atom stereocenters. The van der Waals surface area contributed by atoms with Gasteiger partial charge in [0.2, 0.25) is 5.91 Å². The van der Waals surface area contributed by atoms with Crippen molar-refractivity contribution >= 4 is 23.6 Å². The fourth-order valence-corrected chi connectivity index (χ4v) is 3.14. The molecule has 168 valence electrons. The molecule has 0 saturated carbocycles. The smallest absolute Gasteiger partial charge is 0.279 e. The summed E-state index contributed by atoms with van der Waals surface area (Å²) in [6.07, 6.45) is 3.84. The number of hydrogen-bond donors (Lipinski definition) is 3. The molecular weight excluding hydrogens is 428 g/mol. The lowest BCUT2D eigenvalue weighted by atomic mass is 10.3. The Bertz CT molecular complexity index is 966. The molecule has 1 aromatic heterocycles. The van der Waals surface area contributed by atoms with E-state index >= 15 is 0 Å². The molecular formula is C23H26N4O4S. The lowest BCUT2D eigenvalue weighted by Crippen LogP contribution is -2.27. The number of para-hydroxylation sites is 2. The second-order valence-corrected chi connectivity index (χ2v) is 7.44.